The number of aromatic nitrogens is 1. The molecule has 1 aromatic heterocycles. The molecule has 1 rings (SSSR count). The monoisotopic (exact) mass is 228 g/mol. The third-order valence-corrected chi connectivity index (χ3v) is 2.34. The molecule has 0 amide bonds. The lowest BCUT2D eigenvalue weighted by molar-refractivity contribution is 0.00692. The Kier molecular flexibility index (Phi) is 3.09. The summed E-state index contributed by atoms with van der Waals surface area (Å²) in [5.74, 6) is -0.497. The van der Waals surface area contributed by atoms with Crippen LogP contribution in [0.5, 0.6) is 0 Å². The number of aldehydes is 1. The molecule has 15 heavy (non-hydrogen) atoms. The Morgan fingerprint density at radius 3 is 2.53 bits per heavy atom. The molecule has 2 N–H and O–H groups in total. The van der Waals surface area contributed by atoms with Crippen molar-refractivity contribution < 1.29 is 14.3 Å². The summed E-state index contributed by atoms with van der Waals surface area (Å²) in [4.78, 5) is 26.0. The molecule has 0 saturated carbocycles. The Labute approximate surface area is 91.3 Å². The summed E-state index contributed by atoms with van der Waals surface area (Å²) in [5, 5.41) is 0.101. The molecular weight excluding hydrogens is 216 g/mol. The SMILES string of the molecule is CC(C)(C)OC(=O)c1nc(N)c(C=O)s1. The first-order chi connectivity index (χ1) is 6.83. The van der Waals surface area contributed by atoms with E-state index >= 15 is 0 Å². The van der Waals surface area contributed by atoms with Crippen molar-refractivity contribution in [3.63, 3.8) is 0 Å². The predicted octanol–water partition coefficient (Wildman–Crippen LogP) is 1.49. The van der Waals surface area contributed by atoms with E-state index in [0.29, 0.717) is 6.29 Å². The van der Waals surface area contributed by atoms with Gasteiger partial charge in [0.15, 0.2) is 6.29 Å². The maximum atomic E-state index is 11.5. The van der Waals surface area contributed by atoms with E-state index in [2.05, 4.69) is 4.98 Å². The number of nitrogen functional groups attached to an aromatic ring is 1. The van der Waals surface area contributed by atoms with Crippen LogP contribution in [-0.4, -0.2) is 22.8 Å². The minimum atomic E-state index is -0.584. The van der Waals surface area contributed by atoms with Gasteiger partial charge < -0.3 is 10.5 Å². The van der Waals surface area contributed by atoms with Crippen molar-refractivity contribution in [1.82, 2.24) is 4.98 Å². The highest BCUT2D eigenvalue weighted by Gasteiger charge is 2.21. The Hall–Kier alpha value is -1.43. The molecular formula is C9H12N2O3S. The number of nitrogens with two attached hydrogens (primary N) is 1. The average Bonchev–Trinajstić information content (AvgIpc) is 2.43. The number of rotatable bonds is 2. The molecule has 0 aliphatic rings. The van der Waals surface area contributed by atoms with Crippen molar-refractivity contribution in [1.29, 1.82) is 0 Å². The summed E-state index contributed by atoms with van der Waals surface area (Å²) < 4.78 is 5.07. The first-order valence-corrected chi connectivity index (χ1v) is 5.10. The van der Waals surface area contributed by atoms with Crippen molar-refractivity contribution >= 4 is 29.4 Å². The van der Waals surface area contributed by atoms with Gasteiger partial charge in [-0.25, -0.2) is 9.78 Å². The third kappa shape index (κ3) is 3.02. The minimum absolute atomic E-state index is 0.0656. The largest absolute Gasteiger partial charge is 0.455 e. The summed E-state index contributed by atoms with van der Waals surface area (Å²) >= 11 is 0.930. The number of anilines is 1. The zero-order chi connectivity index (χ0) is 11.6. The van der Waals surface area contributed by atoms with E-state index in [1.807, 2.05) is 0 Å². The normalized spacial score (nSPS) is 11.1. The number of hydrogen-bond acceptors (Lipinski definition) is 6. The first kappa shape index (κ1) is 11.6. The van der Waals surface area contributed by atoms with Crippen LogP contribution >= 0.6 is 11.3 Å². The number of ether oxygens (including phenoxy) is 1. The standard InChI is InChI=1S/C9H12N2O3S/c1-9(2,3)14-8(13)7-11-6(10)5(4-12)15-7/h4H,10H2,1-3H3. The zero-order valence-corrected chi connectivity index (χ0v) is 9.55. The molecule has 0 aromatic carbocycles. The van der Waals surface area contributed by atoms with Crippen LogP contribution in [0.1, 0.15) is 40.2 Å². The van der Waals surface area contributed by atoms with Crippen LogP contribution in [0.25, 0.3) is 0 Å². The molecule has 0 aliphatic carbocycles. The van der Waals surface area contributed by atoms with Gasteiger partial charge in [0.05, 0.1) is 0 Å². The van der Waals surface area contributed by atoms with Gasteiger partial charge >= 0.3 is 5.97 Å². The fourth-order valence-electron chi connectivity index (χ4n) is 0.837. The summed E-state index contributed by atoms with van der Waals surface area (Å²) in [7, 11) is 0. The van der Waals surface area contributed by atoms with E-state index in [0.717, 1.165) is 11.3 Å². The van der Waals surface area contributed by atoms with E-state index in [-0.39, 0.29) is 15.7 Å². The number of hydrogen-bond donors (Lipinski definition) is 1. The van der Waals surface area contributed by atoms with Gasteiger partial charge in [-0.3, -0.25) is 4.79 Å². The maximum Gasteiger partial charge on any atom is 0.368 e. The number of carbonyl (C=O) groups excluding carboxylic acids is 2. The van der Waals surface area contributed by atoms with E-state index < -0.39 is 11.6 Å². The van der Waals surface area contributed by atoms with Gasteiger partial charge in [-0.2, -0.15) is 0 Å². The Morgan fingerprint density at radius 2 is 2.13 bits per heavy atom. The summed E-state index contributed by atoms with van der Waals surface area (Å²) in [6.07, 6.45) is 0.570. The molecule has 0 atom stereocenters. The number of esters is 1. The van der Waals surface area contributed by atoms with Gasteiger partial charge in [0.25, 0.3) is 0 Å². The lowest BCUT2D eigenvalue weighted by Gasteiger charge is -2.18. The van der Waals surface area contributed by atoms with Gasteiger partial charge in [0, 0.05) is 0 Å². The van der Waals surface area contributed by atoms with Crippen molar-refractivity contribution in [3.05, 3.63) is 9.88 Å². The van der Waals surface area contributed by atoms with Crippen LogP contribution < -0.4 is 5.73 Å². The molecule has 0 bridgehead atoms. The number of carbonyl (C=O) groups is 2. The van der Waals surface area contributed by atoms with E-state index in [9.17, 15) is 9.59 Å². The van der Waals surface area contributed by atoms with Crippen molar-refractivity contribution in [3.8, 4) is 0 Å². The van der Waals surface area contributed by atoms with Gasteiger partial charge in [-0.05, 0) is 20.8 Å². The molecule has 5 nitrogen and oxygen atoms in total. The van der Waals surface area contributed by atoms with Gasteiger partial charge in [0.1, 0.15) is 16.3 Å². The molecule has 0 fully saturated rings. The molecule has 0 unspecified atom stereocenters. The zero-order valence-electron chi connectivity index (χ0n) is 8.73. The summed E-state index contributed by atoms with van der Waals surface area (Å²) in [5.41, 5.74) is 4.83. The van der Waals surface area contributed by atoms with Crippen LogP contribution in [0.2, 0.25) is 0 Å². The first-order valence-electron chi connectivity index (χ1n) is 4.28. The van der Waals surface area contributed by atoms with Crippen LogP contribution in [0.4, 0.5) is 5.82 Å². The van der Waals surface area contributed by atoms with E-state index in [1.54, 1.807) is 20.8 Å². The maximum absolute atomic E-state index is 11.5. The molecule has 0 aliphatic heterocycles. The smallest absolute Gasteiger partial charge is 0.368 e. The van der Waals surface area contributed by atoms with Gasteiger partial charge in [0.2, 0.25) is 5.01 Å². The van der Waals surface area contributed by atoms with E-state index in [4.69, 9.17) is 10.5 Å². The number of nitrogens with zero attached hydrogens (tertiary/aromatic N) is 1. The average molecular weight is 228 g/mol. The Balaban J connectivity index is 2.88. The summed E-state index contributed by atoms with van der Waals surface area (Å²) in [6, 6.07) is 0. The van der Waals surface area contributed by atoms with Crippen molar-refractivity contribution in [2.45, 2.75) is 26.4 Å². The second kappa shape index (κ2) is 3.98. The van der Waals surface area contributed by atoms with Crippen molar-refractivity contribution in [2.24, 2.45) is 0 Å². The van der Waals surface area contributed by atoms with Crippen LogP contribution in [0.15, 0.2) is 0 Å². The van der Waals surface area contributed by atoms with E-state index in [1.165, 1.54) is 0 Å². The number of thiazole rings is 1. The highest BCUT2D eigenvalue weighted by molar-refractivity contribution is 7.15. The highest BCUT2D eigenvalue weighted by Crippen LogP contribution is 2.21. The Morgan fingerprint density at radius 1 is 1.53 bits per heavy atom. The van der Waals surface area contributed by atoms with Crippen LogP contribution in [0.3, 0.4) is 0 Å². The predicted molar refractivity (Wildman–Crippen MR) is 57.1 cm³/mol. The minimum Gasteiger partial charge on any atom is -0.455 e. The molecule has 0 spiro atoms. The van der Waals surface area contributed by atoms with Gasteiger partial charge in [-0.1, -0.05) is 0 Å². The highest BCUT2D eigenvalue weighted by atomic mass is 32.1. The third-order valence-electron chi connectivity index (χ3n) is 1.36. The second-order valence-electron chi connectivity index (χ2n) is 3.89. The van der Waals surface area contributed by atoms with Crippen LogP contribution in [-0.2, 0) is 4.74 Å². The Bertz CT molecular complexity index is 393. The van der Waals surface area contributed by atoms with Crippen LogP contribution in [0, 0.1) is 0 Å². The molecule has 1 heterocycles. The lowest BCUT2D eigenvalue weighted by Crippen LogP contribution is -2.23. The molecule has 82 valence electrons. The molecule has 1 aromatic rings. The summed E-state index contributed by atoms with van der Waals surface area (Å²) in [6.45, 7) is 5.26. The van der Waals surface area contributed by atoms with Gasteiger partial charge in [-0.15, -0.1) is 11.3 Å². The fraction of sp³-hybridized carbons (Fsp3) is 0.444. The fourth-order valence-corrected chi connectivity index (χ4v) is 1.51. The molecule has 0 saturated heterocycles. The second-order valence-corrected chi connectivity index (χ2v) is 4.92. The molecule has 0 radical (unpaired) electrons. The lowest BCUT2D eigenvalue weighted by atomic mass is 10.2. The molecule has 6 heteroatoms. The topological polar surface area (TPSA) is 82.3 Å². The van der Waals surface area contributed by atoms with Crippen molar-refractivity contribution in [2.75, 3.05) is 5.73 Å². The quantitative estimate of drug-likeness (QED) is 0.612.